The number of pyridine rings is 3. The number of benzene rings is 7. The molecular weight excluding hydrogens is 775 g/mol. The zero-order valence-electron chi connectivity index (χ0n) is 35.6. The third-order valence-electron chi connectivity index (χ3n) is 11.8. The molecule has 0 saturated heterocycles. The fourth-order valence-electron chi connectivity index (χ4n) is 8.54. The highest BCUT2D eigenvalue weighted by Gasteiger charge is 2.18. The van der Waals surface area contributed by atoms with E-state index < -0.39 is 0 Å². The van der Waals surface area contributed by atoms with Gasteiger partial charge >= 0.3 is 0 Å². The van der Waals surface area contributed by atoms with E-state index in [4.69, 9.17) is 15.0 Å². The van der Waals surface area contributed by atoms with Gasteiger partial charge in [0.1, 0.15) is 0 Å². The first-order chi connectivity index (χ1) is 30.9. The topological polar surface area (TPSA) is 38.7 Å². The second-order valence-corrected chi connectivity index (χ2v) is 16.3. The minimum atomic E-state index is 0. The van der Waals surface area contributed by atoms with Gasteiger partial charge in [0.25, 0.3) is 0 Å². The Morgan fingerprint density at radius 2 is 0.516 bits per heavy atom. The van der Waals surface area contributed by atoms with Crippen LogP contribution >= 0.6 is 0 Å². The van der Waals surface area contributed by atoms with Crippen LogP contribution in [0.15, 0.2) is 219 Å². The van der Waals surface area contributed by atoms with Gasteiger partial charge in [-0.2, -0.15) is 0 Å². The van der Waals surface area contributed by atoms with Crippen molar-refractivity contribution in [1.82, 2.24) is 15.0 Å². The fraction of sp³-hybridized carbons (Fsp3) is 0.0656. The van der Waals surface area contributed by atoms with Gasteiger partial charge in [-0.25, -0.2) is 0 Å². The normalized spacial score (nSPS) is 10.9. The van der Waals surface area contributed by atoms with Gasteiger partial charge in [0, 0.05) is 52.0 Å². The lowest BCUT2D eigenvalue weighted by atomic mass is 9.85. The van der Waals surface area contributed by atoms with Crippen molar-refractivity contribution >= 4 is 0 Å². The van der Waals surface area contributed by atoms with E-state index in [1.807, 2.05) is 36.8 Å². The maximum atomic E-state index is 4.97. The molecule has 3 nitrogen and oxygen atoms in total. The van der Waals surface area contributed by atoms with Gasteiger partial charge in [-0.3, -0.25) is 15.0 Å². The van der Waals surface area contributed by atoms with Crippen molar-refractivity contribution in [2.75, 3.05) is 0 Å². The number of aryl methyl sites for hydroxylation is 3. The van der Waals surface area contributed by atoms with E-state index in [2.05, 4.69) is 203 Å². The van der Waals surface area contributed by atoms with Gasteiger partial charge < -0.3 is 0 Å². The molecule has 3 heteroatoms. The standard InChI is InChI=1S/C60H45N3.CH4/c1-40-19-25-52(55(31-40)46-22-28-58(61-37-46)43-13-7-4-8-14-43)49-34-50(53-26-20-41(2)32-56(53)47-23-29-59(62-38-47)44-15-9-5-10-16-44)36-51(35-49)54-27-21-42(3)33-57(54)48-24-30-60(63-39-48)45-17-11-6-12-18-45;/h4-39H,1-3H3;1H4. The molecule has 0 unspecified atom stereocenters. The van der Waals surface area contributed by atoms with Crippen LogP contribution in [0.25, 0.3) is 101 Å². The molecule has 0 saturated carbocycles. The average molecular weight is 824 g/mol. The molecule has 0 bridgehead atoms. The summed E-state index contributed by atoms with van der Waals surface area (Å²) in [6.07, 6.45) is 6.04. The Kier molecular flexibility index (Phi) is 11.7. The van der Waals surface area contributed by atoms with Gasteiger partial charge in [-0.15, -0.1) is 0 Å². The van der Waals surface area contributed by atoms with Gasteiger partial charge in [0.2, 0.25) is 0 Å². The average Bonchev–Trinajstić information content (AvgIpc) is 3.35. The Morgan fingerprint density at radius 3 is 0.766 bits per heavy atom. The van der Waals surface area contributed by atoms with Crippen LogP contribution in [0, 0.1) is 20.8 Å². The molecule has 0 fully saturated rings. The second kappa shape index (κ2) is 18.1. The van der Waals surface area contributed by atoms with Crippen LogP contribution < -0.4 is 0 Å². The van der Waals surface area contributed by atoms with E-state index in [0.717, 1.165) is 101 Å². The smallest absolute Gasteiger partial charge is 0.0702 e. The molecule has 3 heterocycles. The Hall–Kier alpha value is -8.01. The highest BCUT2D eigenvalue weighted by Crippen LogP contribution is 2.43. The summed E-state index contributed by atoms with van der Waals surface area (Å²) < 4.78 is 0. The Labute approximate surface area is 377 Å². The molecule has 0 atom stereocenters. The molecule has 0 radical (unpaired) electrons. The summed E-state index contributed by atoms with van der Waals surface area (Å²) in [4.78, 5) is 14.9. The zero-order valence-corrected chi connectivity index (χ0v) is 35.6. The molecule has 0 spiro atoms. The summed E-state index contributed by atoms with van der Waals surface area (Å²) in [5.74, 6) is 0. The van der Waals surface area contributed by atoms with Gasteiger partial charge in [-0.05, 0) is 107 Å². The third kappa shape index (κ3) is 8.57. The molecule has 64 heavy (non-hydrogen) atoms. The van der Waals surface area contributed by atoms with Crippen LogP contribution in [0.5, 0.6) is 0 Å². The van der Waals surface area contributed by atoms with Crippen LogP contribution in [0.4, 0.5) is 0 Å². The minimum absolute atomic E-state index is 0. The maximum Gasteiger partial charge on any atom is 0.0702 e. The summed E-state index contributed by atoms with van der Waals surface area (Å²) in [5, 5.41) is 0. The van der Waals surface area contributed by atoms with Gasteiger partial charge in [0.05, 0.1) is 17.1 Å². The van der Waals surface area contributed by atoms with Crippen LogP contribution in [0.2, 0.25) is 0 Å². The third-order valence-corrected chi connectivity index (χ3v) is 11.8. The van der Waals surface area contributed by atoms with Crippen molar-refractivity contribution in [1.29, 1.82) is 0 Å². The van der Waals surface area contributed by atoms with E-state index in [-0.39, 0.29) is 7.43 Å². The summed E-state index contributed by atoms with van der Waals surface area (Å²) in [6.45, 7) is 6.48. The summed E-state index contributed by atoms with van der Waals surface area (Å²) >= 11 is 0. The number of rotatable bonds is 9. The molecule has 0 N–H and O–H groups in total. The molecule has 0 amide bonds. The fourth-order valence-corrected chi connectivity index (χ4v) is 8.54. The lowest BCUT2D eigenvalue weighted by molar-refractivity contribution is 1.32. The van der Waals surface area contributed by atoms with Crippen molar-refractivity contribution in [3.8, 4) is 101 Å². The molecular formula is C61H49N3. The van der Waals surface area contributed by atoms with E-state index in [9.17, 15) is 0 Å². The highest BCUT2D eigenvalue weighted by atomic mass is 14.7. The Morgan fingerprint density at radius 1 is 0.234 bits per heavy atom. The zero-order chi connectivity index (χ0) is 42.7. The van der Waals surface area contributed by atoms with Crippen molar-refractivity contribution in [2.24, 2.45) is 0 Å². The molecule has 0 aliphatic rings. The summed E-state index contributed by atoms with van der Waals surface area (Å²) in [5.41, 5.74) is 23.2. The summed E-state index contributed by atoms with van der Waals surface area (Å²) in [6, 6.07) is 71.4. The van der Waals surface area contributed by atoms with Crippen LogP contribution in [-0.2, 0) is 0 Å². The first-order valence-corrected chi connectivity index (χ1v) is 21.5. The Balaban J connectivity index is 0.00000518. The number of nitrogens with zero attached hydrogens (tertiary/aromatic N) is 3. The molecule has 10 aromatic rings. The number of hydrogen-bond donors (Lipinski definition) is 0. The molecule has 308 valence electrons. The maximum absolute atomic E-state index is 4.97. The van der Waals surface area contributed by atoms with Crippen molar-refractivity contribution in [2.45, 2.75) is 28.2 Å². The largest absolute Gasteiger partial charge is 0.256 e. The van der Waals surface area contributed by atoms with E-state index in [1.165, 1.54) is 16.7 Å². The number of hydrogen-bond acceptors (Lipinski definition) is 3. The van der Waals surface area contributed by atoms with Crippen LogP contribution in [0.1, 0.15) is 24.1 Å². The first kappa shape index (κ1) is 41.3. The lowest BCUT2D eigenvalue weighted by Crippen LogP contribution is -1.94. The monoisotopic (exact) mass is 823 g/mol. The van der Waals surface area contributed by atoms with Gasteiger partial charge in [-0.1, -0.05) is 188 Å². The van der Waals surface area contributed by atoms with Crippen molar-refractivity contribution < 1.29 is 0 Å². The quantitative estimate of drug-likeness (QED) is 0.146. The highest BCUT2D eigenvalue weighted by molar-refractivity contribution is 5.94. The lowest BCUT2D eigenvalue weighted by Gasteiger charge is -2.19. The summed E-state index contributed by atoms with van der Waals surface area (Å²) in [7, 11) is 0. The molecule has 0 aliphatic carbocycles. The van der Waals surface area contributed by atoms with Crippen molar-refractivity contribution in [3.05, 3.63) is 235 Å². The Bertz CT molecular complexity index is 2830. The number of aromatic nitrogens is 3. The minimum Gasteiger partial charge on any atom is -0.256 e. The predicted molar refractivity (Wildman–Crippen MR) is 270 cm³/mol. The van der Waals surface area contributed by atoms with E-state index in [1.54, 1.807) is 0 Å². The van der Waals surface area contributed by atoms with E-state index in [0.29, 0.717) is 0 Å². The van der Waals surface area contributed by atoms with E-state index >= 15 is 0 Å². The van der Waals surface area contributed by atoms with Crippen LogP contribution in [0.3, 0.4) is 0 Å². The second-order valence-electron chi connectivity index (χ2n) is 16.3. The predicted octanol–water partition coefficient (Wildman–Crippen LogP) is 16.4. The molecule has 0 aliphatic heterocycles. The first-order valence-electron chi connectivity index (χ1n) is 21.5. The molecule has 7 aromatic carbocycles. The van der Waals surface area contributed by atoms with Crippen LogP contribution in [-0.4, -0.2) is 15.0 Å². The van der Waals surface area contributed by atoms with Crippen molar-refractivity contribution in [3.63, 3.8) is 0 Å². The molecule has 10 rings (SSSR count). The molecule has 3 aromatic heterocycles. The SMILES string of the molecule is C.Cc1ccc(-c2cc(-c3ccc(C)cc3-c3ccc(-c4ccccc4)nc3)cc(-c3ccc(C)cc3-c3ccc(-c4ccccc4)nc3)c2)c(-c2ccc(-c3ccccc3)nc2)c1. The van der Waals surface area contributed by atoms with Gasteiger partial charge in [0.15, 0.2) is 0 Å².